The number of carbonyl (C=O) groups is 1. The van der Waals surface area contributed by atoms with E-state index < -0.39 is 0 Å². The maximum Gasteiger partial charge on any atom is 0.339 e. The van der Waals surface area contributed by atoms with Crippen LogP contribution >= 0.6 is 0 Å². The van der Waals surface area contributed by atoms with Gasteiger partial charge in [-0.2, -0.15) is 5.26 Å². The molecule has 0 aliphatic rings. The molecule has 1 heterocycles. The molecule has 0 bridgehead atoms. The second-order valence-corrected chi connectivity index (χ2v) is 2.99. The molecule has 1 aromatic heterocycles. The average molecular weight is 216 g/mol. The number of rotatable bonds is 4. The molecular weight excluding hydrogens is 204 g/mol. The molecule has 0 atom stereocenters. The highest BCUT2D eigenvalue weighted by molar-refractivity contribution is 5.89. The molecule has 0 spiro atoms. The Kier molecular flexibility index (Phi) is 4.74. The average Bonchev–Trinajstić information content (AvgIpc) is 2.30. The van der Waals surface area contributed by atoms with Crippen molar-refractivity contribution in [2.75, 3.05) is 6.61 Å². The van der Waals surface area contributed by atoms with Gasteiger partial charge in [0.2, 0.25) is 0 Å². The van der Waals surface area contributed by atoms with E-state index in [0.717, 1.165) is 5.56 Å². The fourth-order valence-electron chi connectivity index (χ4n) is 1.12. The lowest BCUT2D eigenvalue weighted by atomic mass is 10.2. The first-order valence-corrected chi connectivity index (χ1v) is 4.93. The van der Waals surface area contributed by atoms with E-state index in [0.29, 0.717) is 18.6 Å². The first-order valence-electron chi connectivity index (χ1n) is 4.93. The Hall–Kier alpha value is -2.15. The van der Waals surface area contributed by atoms with Gasteiger partial charge in [-0.15, -0.1) is 0 Å². The van der Waals surface area contributed by atoms with E-state index in [4.69, 9.17) is 10.00 Å². The van der Waals surface area contributed by atoms with E-state index in [2.05, 4.69) is 4.98 Å². The number of hydrogen-bond acceptors (Lipinski definition) is 4. The molecule has 0 aliphatic carbocycles. The zero-order chi connectivity index (χ0) is 11.8. The lowest BCUT2D eigenvalue weighted by Gasteiger charge is -2.01. The summed E-state index contributed by atoms with van der Waals surface area (Å²) in [4.78, 5) is 15.3. The van der Waals surface area contributed by atoms with Crippen LogP contribution in [0.1, 0.15) is 29.3 Å². The summed E-state index contributed by atoms with van der Waals surface area (Å²) in [6, 6.07) is 3.68. The predicted molar refractivity (Wildman–Crippen MR) is 59.5 cm³/mol. The first-order chi connectivity index (χ1) is 7.77. The van der Waals surface area contributed by atoms with E-state index >= 15 is 0 Å². The Morgan fingerprint density at radius 1 is 1.62 bits per heavy atom. The Bertz CT molecular complexity index is 433. The van der Waals surface area contributed by atoms with Crippen molar-refractivity contribution < 1.29 is 9.53 Å². The van der Waals surface area contributed by atoms with Crippen molar-refractivity contribution in [2.24, 2.45) is 0 Å². The highest BCUT2D eigenvalue weighted by Gasteiger charge is 2.06. The highest BCUT2D eigenvalue weighted by atomic mass is 16.5. The van der Waals surface area contributed by atoms with Crippen LogP contribution in [0.3, 0.4) is 0 Å². The Morgan fingerprint density at radius 3 is 3.12 bits per heavy atom. The number of aromatic nitrogens is 1. The molecule has 0 unspecified atom stereocenters. The van der Waals surface area contributed by atoms with Crippen LogP contribution in [0.15, 0.2) is 24.5 Å². The summed E-state index contributed by atoms with van der Waals surface area (Å²) in [6.45, 7) is 2.09. The minimum atomic E-state index is -0.384. The van der Waals surface area contributed by atoms with Gasteiger partial charge in [0, 0.05) is 12.4 Å². The molecule has 0 fully saturated rings. The van der Waals surface area contributed by atoms with Crippen LogP contribution in [0.5, 0.6) is 0 Å². The summed E-state index contributed by atoms with van der Waals surface area (Å²) in [5.74, 6) is -0.384. The van der Waals surface area contributed by atoms with Crippen molar-refractivity contribution in [1.29, 1.82) is 5.26 Å². The molecule has 82 valence electrons. The molecule has 0 N–H and O–H groups in total. The Balaban J connectivity index is 2.79. The Morgan fingerprint density at radius 2 is 2.44 bits per heavy atom. The van der Waals surface area contributed by atoms with Crippen LogP contribution in [0.25, 0.3) is 6.08 Å². The number of ether oxygens (including phenoxy) is 1. The zero-order valence-electron chi connectivity index (χ0n) is 9.01. The fourth-order valence-corrected chi connectivity index (χ4v) is 1.12. The quantitative estimate of drug-likeness (QED) is 0.723. The van der Waals surface area contributed by atoms with Crippen LogP contribution in [0, 0.1) is 11.3 Å². The third-order valence-corrected chi connectivity index (χ3v) is 1.79. The summed E-state index contributed by atoms with van der Waals surface area (Å²) in [5, 5.41) is 8.37. The van der Waals surface area contributed by atoms with E-state index in [9.17, 15) is 4.79 Å². The van der Waals surface area contributed by atoms with Gasteiger partial charge in [0.15, 0.2) is 0 Å². The summed E-state index contributed by atoms with van der Waals surface area (Å²) in [5.41, 5.74) is 1.20. The highest BCUT2D eigenvalue weighted by Crippen LogP contribution is 2.06. The Labute approximate surface area is 94.2 Å². The third-order valence-electron chi connectivity index (χ3n) is 1.79. The van der Waals surface area contributed by atoms with Crippen molar-refractivity contribution in [3.8, 4) is 6.07 Å². The van der Waals surface area contributed by atoms with Crippen LogP contribution in [0.4, 0.5) is 0 Å². The van der Waals surface area contributed by atoms with Gasteiger partial charge < -0.3 is 4.74 Å². The van der Waals surface area contributed by atoms with Gasteiger partial charge in [-0.05, 0) is 18.6 Å². The number of esters is 1. The van der Waals surface area contributed by atoms with Gasteiger partial charge in [0.25, 0.3) is 0 Å². The molecule has 1 rings (SSSR count). The normalized spacial score (nSPS) is 10.0. The third kappa shape index (κ3) is 3.54. The van der Waals surface area contributed by atoms with Crippen molar-refractivity contribution in [3.05, 3.63) is 35.7 Å². The largest absolute Gasteiger partial charge is 0.462 e. The second kappa shape index (κ2) is 6.36. The minimum absolute atomic E-state index is 0.337. The van der Waals surface area contributed by atoms with Crippen LogP contribution < -0.4 is 0 Å². The molecule has 0 amide bonds. The fraction of sp³-hybridized carbons (Fsp3) is 0.250. The minimum Gasteiger partial charge on any atom is -0.462 e. The van der Waals surface area contributed by atoms with Gasteiger partial charge in [-0.1, -0.05) is 12.2 Å². The topological polar surface area (TPSA) is 63.0 Å². The molecule has 0 saturated carbocycles. The smallest absolute Gasteiger partial charge is 0.339 e. The van der Waals surface area contributed by atoms with Crippen molar-refractivity contribution >= 4 is 12.0 Å². The second-order valence-electron chi connectivity index (χ2n) is 2.99. The van der Waals surface area contributed by atoms with Crippen LogP contribution in [0.2, 0.25) is 0 Å². The van der Waals surface area contributed by atoms with E-state index in [1.807, 2.05) is 6.07 Å². The number of carbonyl (C=O) groups excluding carboxylic acids is 1. The maximum atomic E-state index is 11.4. The molecule has 0 radical (unpaired) electrons. The monoisotopic (exact) mass is 216 g/mol. The molecule has 0 aliphatic heterocycles. The standard InChI is InChI=1S/C12H12N2O2/c1-2-16-12(15)11-7-10(8-14-9-11)5-3-4-6-13/h3,5,7-9H,2,4H2,1H3. The summed E-state index contributed by atoms with van der Waals surface area (Å²) >= 11 is 0. The summed E-state index contributed by atoms with van der Waals surface area (Å²) in [7, 11) is 0. The van der Waals surface area contributed by atoms with Gasteiger partial charge >= 0.3 is 5.97 Å². The predicted octanol–water partition coefficient (Wildman–Crippen LogP) is 2.19. The number of pyridine rings is 1. The van der Waals surface area contributed by atoms with Crippen LogP contribution in [-0.2, 0) is 4.74 Å². The molecule has 16 heavy (non-hydrogen) atoms. The molecule has 4 nitrogen and oxygen atoms in total. The maximum absolute atomic E-state index is 11.4. The first kappa shape index (κ1) is 11.9. The van der Waals surface area contributed by atoms with Gasteiger partial charge in [-0.25, -0.2) is 4.79 Å². The summed E-state index contributed by atoms with van der Waals surface area (Å²) < 4.78 is 4.85. The number of hydrogen-bond donors (Lipinski definition) is 0. The van der Waals surface area contributed by atoms with E-state index in [1.165, 1.54) is 6.20 Å². The summed E-state index contributed by atoms with van der Waals surface area (Å²) in [6.07, 6.45) is 6.88. The van der Waals surface area contributed by atoms with E-state index in [-0.39, 0.29) is 5.97 Å². The van der Waals surface area contributed by atoms with Crippen molar-refractivity contribution in [3.63, 3.8) is 0 Å². The molecule has 0 saturated heterocycles. The SMILES string of the molecule is CCOC(=O)c1cncc(C=CCC#N)c1. The molecule has 4 heteroatoms. The van der Waals surface area contributed by atoms with Gasteiger partial charge in [0.05, 0.1) is 24.7 Å². The molecule has 1 aromatic rings. The molecule has 0 aromatic carbocycles. The number of nitriles is 1. The van der Waals surface area contributed by atoms with Crippen molar-refractivity contribution in [1.82, 2.24) is 4.98 Å². The zero-order valence-corrected chi connectivity index (χ0v) is 9.01. The van der Waals surface area contributed by atoms with Crippen LogP contribution in [-0.4, -0.2) is 17.6 Å². The van der Waals surface area contributed by atoms with Gasteiger partial charge in [-0.3, -0.25) is 4.98 Å². The molecular formula is C12H12N2O2. The number of allylic oxidation sites excluding steroid dienone is 1. The van der Waals surface area contributed by atoms with Crippen molar-refractivity contribution in [2.45, 2.75) is 13.3 Å². The van der Waals surface area contributed by atoms with Gasteiger partial charge in [0.1, 0.15) is 0 Å². The lowest BCUT2D eigenvalue weighted by molar-refractivity contribution is 0.0526. The van der Waals surface area contributed by atoms with E-state index in [1.54, 1.807) is 31.3 Å². The lowest BCUT2D eigenvalue weighted by Crippen LogP contribution is -2.05. The number of nitrogens with zero attached hydrogens (tertiary/aromatic N) is 2.